The smallest absolute Gasteiger partial charge is 0.109 e. The Morgan fingerprint density at radius 3 is 1.93 bits per heavy atom. The number of rotatable bonds is 3. The van der Waals surface area contributed by atoms with Gasteiger partial charge in [0.25, 0.3) is 0 Å². The first-order valence-electron chi connectivity index (χ1n) is 9.32. The van der Waals surface area contributed by atoms with Crippen LogP contribution in [0, 0.1) is 0 Å². The highest BCUT2D eigenvalue weighted by Crippen LogP contribution is 2.51. The lowest BCUT2D eigenvalue weighted by Gasteiger charge is -2.33. The van der Waals surface area contributed by atoms with Gasteiger partial charge in [-0.15, -0.1) is 5.11 Å². The summed E-state index contributed by atoms with van der Waals surface area (Å²) in [6, 6.07) is 32.4. The van der Waals surface area contributed by atoms with Crippen molar-refractivity contribution in [3.05, 3.63) is 97.1 Å². The lowest BCUT2D eigenvalue weighted by molar-refractivity contribution is 1.16. The largest absolute Gasteiger partial charge is 0.397 e. The van der Waals surface area contributed by atoms with Gasteiger partial charge in [-0.05, 0) is 54.6 Å². The van der Waals surface area contributed by atoms with E-state index < -0.39 is 0 Å². The number of nitrogens with zero attached hydrogens (tertiary/aromatic N) is 3. The molecule has 0 atom stereocenters. The quantitative estimate of drug-likeness (QED) is 0.253. The number of fused-ring (bicyclic) bond motifs is 2. The summed E-state index contributed by atoms with van der Waals surface area (Å²) in [5.74, 6) is 0. The average Bonchev–Trinajstić information content (AvgIpc) is 2.77. The van der Waals surface area contributed by atoms with Gasteiger partial charge >= 0.3 is 0 Å². The molecule has 0 aromatic heterocycles. The van der Waals surface area contributed by atoms with Gasteiger partial charge in [-0.3, -0.25) is 0 Å². The number of hydrogen-bond acceptors (Lipinski definition) is 5. The van der Waals surface area contributed by atoms with Crippen LogP contribution in [0.2, 0.25) is 0 Å². The van der Waals surface area contributed by atoms with Crippen LogP contribution in [-0.2, 0) is 0 Å². The Bertz CT molecular complexity index is 1160. The average molecular weight is 395 g/mol. The summed E-state index contributed by atoms with van der Waals surface area (Å²) in [6.07, 6.45) is 0. The number of azo groups is 1. The zero-order valence-corrected chi connectivity index (χ0v) is 16.4. The number of hydrogen-bond donors (Lipinski definition) is 1. The molecule has 4 aromatic carbocycles. The summed E-state index contributed by atoms with van der Waals surface area (Å²) >= 11 is 1.79. The van der Waals surface area contributed by atoms with Crippen molar-refractivity contribution in [3.63, 3.8) is 0 Å². The molecule has 0 amide bonds. The minimum absolute atomic E-state index is 0.593. The van der Waals surface area contributed by atoms with Crippen molar-refractivity contribution in [1.82, 2.24) is 0 Å². The molecule has 0 saturated heterocycles. The molecule has 0 fully saturated rings. The van der Waals surface area contributed by atoms with Gasteiger partial charge in [-0.2, -0.15) is 5.11 Å². The molecule has 0 spiro atoms. The number of para-hydroxylation sites is 2. The first kappa shape index (κ1) is 17.5. The summed E-state index contributed by atoms with van der Waals surface area (Å²) in [6.45, 7) is 0. The van der Waals surface area contributed by atoms with Gasteiger partial charge in [0.05, 0.1) is 22.7 Å². The molecule has 1 heterocycles. The standard InChI is InChI=1S/C24H18N4S/c25-19-16-18(14-15-20(19)27-26-17-8-2-1-3-9-17)28-21-10-4-6-12-23(21)29-24-13-7-5-11-22(24)28/h1-16H,25H2. The number of anilines is 4. The van der Waals surface area contributed by atoms with Crippen molar-refractivity contribution < 1.29 is 0 Å². The van der Waals surface area contributed by atoms with Crippen molar-refractivity contribution in [1.29, 1.82) is 0 Å². The highest BCUT2D eigenvalue weighted by molar-refractivity contribution is 7.99. The van der Waals surface area contributed by atoms with Gasteiger partial charge in [-0.1, -0.05) is 54.2 Å². The van der Waals surface area contributed by atoms with Gasteiger partial charge in [0.15, 0.2) is 0 Å². The summed E-state index contributed by atoms with van der Waals surface area (Å²) in [4.78, 5) is 4.69. The molecule has 0 radical (unpaired) electrons. The van der Waals surface area contributed by atoms with E-state index in [1.54, 1.807) is 11.8 Å². The van der Waals surface area contributed by atoms with Crippen molar-refractivity contribution in [2.24, 2.45) is 10.2 Å². The fourth-order valence-corrected chi connectivity index (χ4v) is 4.42. The third-order valence-electron chi connectivity index (χ3n) is 4.73. The van der Waals surface area contributed by atoms with E-state index in [-0.39, 0.29) is 0 Å². The second kappa shape index (κ2) is 7.45. The van der Waals surface area contributed by atoms with Crippen molar-refractivity contribution in [2.75, 3.05) is 10.6 Å². The van der Waals surface area contributed by atoms with Crippen LogP contribution in [0.5, 0.6) is 0 Å². The number of nitrogens with two attached hydrogens (primary N) is 1. The molecule has 2 N–H and O–H groups in total. The maximum Gasteiger partial charge on any atom is 0.109 e. The van der Waals surface area contributed by atoms with E-state index in [0.29, 0.717) is 11.4 Å². The summed E-state index contributed by atoms with van der Waals surface area (Å²) in [5, 5.41) is 8.61. The molecule has 140 valence electrons. The third kappa shape index (κ3) is 3.37. The van der Waals surface area contributed by atoms with Gasteiger partial charge in [0, 0.05) is 15.5 Å². The van der Waals surface area contributed by atoms with Gasteiger partial charge < -0.3 is 10.6 Å². The zero-order chi connectivity index (χ0) is 19.6. The van der Waals surface area contributed by atoms with E-state index in [1.807, 2.05) is 48.5 Å². The summed E-state index contributed by atoms with van der Waals surface area (Å²) in [5.41, 5.74) is 11.7. The molecule has 4 nitrogen and oxygen atoms in total. The maximum atomic E-state index is 6.35. The van der Waals surface area contributed by atoms with Crippen LogP contribution in [0.25, 0.3) is 0 Å². The Morgan fingerprint density at radius 2 is 1.28 bits per heavy atom. The van der Waals surface area contributed by atoms with Gasteiger partial charge in [0.1, 0.15) is 5.69 Å². The van der Waals surface area contributed by atoms with E-state index in [4.69, 9.17) is 5.73 Å². The molecule has 29 heavy (non-hydrogen) atoms. The molecule has 0 unspecified atom stereocenters. The number of nitrogen functional groups attached to an aromatic ring is 1. The van der Waals surface area contributed by atoms with E-state index >= 15 is 0 Å². The molecular formula is C24H18N4S. The Hall–Kier alpha value is -3.57. The summed E-state index contributed by atoms with van der Waals surface area (Å²) in [7, 11) is 0. The Kier molecular flexibility index (Phi) is 4.50. The highest BCUT2D eigenvalue weighted by atomic mass is 32.2. The lowest BCUT2D eigenvalue weighted by Crippen LogP contribution is -2.14. The maximum absolute atomic E-state index is 6.35. The first-order valence-corrected chi connectivity index (χ1v) is 10.1. The molecule has 1 aliphatic heterocycles. The third-order valence-corrected chi connectivity index (χ3v) is 5.86. The van der Waals surface area contributed by atoms with Gasteiger partial charge in [0.2, 0.25) is 0 Å². The minimum Gasteiger partial charge on any atom is -0.397 e. The zero-order valence-electron chi connectivity index (χ0n) is 15.6. The SMILES string of the molecule is Nc1cc(N2c3ccccc3Sc3ccccc32)ccc1N=Nc1ccccc1. The van der Waals surface area contributed by atoms with E-state index in [9.17, 15) is 0 Å². The monoisotopic (exact) mass is 394 g/mol. The molecule has 1 aliphatic rings. The second-order valence-electron chi connectivity index (χ2n) is 6.65. The van der Waals surface area contributed by atoms with E-state index in [1.165, 1.54) is 9.79 Å². The lowest BCUT2D eigenvalue weighted by atomic mass is 10.1. The Balaban J connectivity index is 1.55. The Morgan fingerprint density at radius 1 is 0.655 bits per heavy atom. The molecule has 5 rings (SSSR count). The Labute approximate surface area is 173 Å². The molecular weight excluding hydrogens is 376 g/mol. The molecule has 0 bridgehead atoms. The van der Waals surface area contributed by atoms with Gasteiger partial charge in [-0.25, -0.2) is 0 Å². The predicted octanol–water partition coefficient (Wildman–Crippen LogP) is 7.62. The van der Waals surface area contributed by atoms with Crippen LogP contribution in [0.4, 0.5) is 34.1 Å². The normalized spacial score (nSPS) is 12.6. The number of benzene rings is 4. The summed E-state index contributed by atoms with van der Waals surface area (Å²) < 4.78 is 0. The van der Waals surface area contributed by atoms with Crippen LogP contribution in [-0.4, -0.2) is 0 Å². The van der Waals surface area contributed by atoms with Crippen LogP contribution in [0.3, 0.4) is 0 Å². The van der Waals surface area contributed by atoms with Crippen LogP contribution in [0.1, 0.15) is 0 Å². The topological polar surface area (TPSA) is 54.0 Å². The minimum atomic E-state index is 0.593. The predicted molar refractivity (Wildman–Crippen MR) is 120 cm³/mol. The fraction of sp³-hybridized carbons (Fsp3) is 0. The van der Waals surface area contributed by atoms with Crippen molar-refractivity contribution >= 4 is 45.9 Å². The van der Waals surface area contributed by atoms with Crippen LogP contribution >= 0.6 is 11.8 Å². The van der Waals surface area contributed by atoms with Crippen LogP contribution in [0.15, 0.2) is 117 Å². The van der Waals surface area contributed by atoms with E-state index in [2.05, 4.69) is 63.7 Å². The van der Waals surface area contributed by atoms with Crippen molar-refractivity contribution in [2.45, 2.75) is 9.79 Å². The second-order valence-corrected chi connectivity index (χ2v) is 7.74. The molecule has 4 aromatic rings. The van der Waals surface area contributed by atoms with Crippen molar-refractivity contribution in [3.8, 4) is 0 Å². The molecule has 5 heteroatoms. The van der Waals surface area contributed by atoms with Crippen LogP contribution < -0.4 is 10.6 Å². The highest BCUT2D eigenvalue weighted by Gasteiger charge is 2.24. The van der Waals surface area contributed by atoms with E-state index in [0.717, 1.165) is 22.7 Å². The molecule has 0 saturated carbocycles. The first-order chi connectivity index (χ1) is 14.3. The molecule has 0 aliphatic carbocycles. The fourth-order valence-electron chi connectivity index (χ4n) is 3.36.